The zero-order valence-corrected chi connectivity index (χ0v) is 19.5. The Kier molecular flexibility index (Phi) is 7.15. The zero-order valence-electron chi connectivity index (χ0n) is 18.7. The van der Waals surface area contributed by atoms with E-state index in [1.54, 1.807) is 24.3 Å². The number of nitrogens with one attached hydrogen (secondary N) is 2. The molecule has 0 spiro atoms. The molecule has 4 rings (SSSR count). The molecule has 1 aromatic rings. The maximum atomic E-state index is 12.4. The first-order valence-corrected chi connectivity index (χ1v) is 12.2. The van der Waals surface area contributed by atoms with Crippen LogP contribution in [0.25, 0.3) is 0 Å². The lowest BCUT2D eigenvalue weighted by Gasteiger charge is -2.24. The van der Waals surface area contributed by atoms with Gasteiger partial charge in [-0.25, -0.2) is 0 Å². The maximum absolute atomic E-state index is 12.4. The van der Waals surface area contributed by atoms with Crippen LogP contribution in [0.15, 0.2) is 29.3 Å². The Balaban J connectivity index is 1.22. The summed E-state index contributed by atoms with van der Waals surface area (Å²) in [4.78, 5) is 45.6. The van der Waals surface area contributed by atoms with Gasteiger partial charge in [-0.2, -0.15) is 4.99 Å². The van der Waals surface area contributed by atoms with E-state index in [4.69, 9.17) is 0 Å². The quantitative estimate of drug-likeness (QED) is 0.622. The Morgan fingerprint density at radius 2 is 1.91 bits per heavy atom. The standard InChI is InChI=1S/C23H31N5O3S/c1-15(27(2)18-9-10-18)14-24-21(30)16-5-7-17(8-6-16)25-20(29)13-19-22(31)26-23(32-19)28-11-3-4-12-28/h5-8,15,18-19H,3-4,9-14H2,1-2H3,(H,24,30)(H,25,29). The number of carbonyl (C=O) groups is 3. The van der Waals surface area contributed by atoms with Gasteiger partial charge in [-0.15, -0.1) is 0 Å². The molecule has 1 saturated carbocycles. The molecule has 32 heavy (non-hydrogen) atoms. The summed E-state index contributed by atoms with van der Waals surface area (Å²) in [6.45, 7) is 4.56. The molecule has 2 heterocycles. The Bertz CT molecular complexity index is 893. The van der Waals surface area contributed by atoms with Crippen molar-refractivity contribution in [1.29, 1.82) is 0 Å². The van der Waals surface area contributed by atoms with E-state index < -0.39 is 5.25 Å². The lowest BCUT2D eigenvalue weighted by atomic mass is 10.1. The summed E-state index contributed by atoms with van der Waals surface area (Å²) in [6, 6.07) is 7.76. The molecule has 0 aromatic heterocycles. The minimum absolute atomic E-state index is 0.0823. The van der Waals surface area contributed by atoms with Crippen molar-refractivity contribution in [2.24, 2.45) is 4.99 Å². The molecular weight excluding hydrogens is 426 g/mol. The molecule has 8 nitrogen and oxygen atoms in total. The summed E-state index contributed by atoms with van der Waals surface area (Å²) < 4.78 is 0. The molecule has 3 aliphatic rings. The van der Waals surface area contributed by atoms with Crippen LogP contribution in [0.3, 0.4) is 0 Å². The van der Waals surface area contributed by atoms with E-state index in [1.807, 2.05) is 0 Å². The van der Waals surface area contributed by atoms with Crippen LogP contribution in [0.5, 0.6) is 0 Å². The Labute approximate surface area is 193 Å². The van der Waals surface area contributed by atoms with Crippen molar-refractivity contribution < 1.29 is 14.4 Å². The molecule has 2 unspecified atom stereocenters. The summed E-state index contributed by atoms with van der Waals surface area (Å²) in [6.07, 6.45) is 4.79. The molecular formula is C23H31N5O3S. The molecule has 172 valence electrons. The summed E-state index contributed by atoms with van der Waals surface area (Å²) >= 11 is 1.39. The highest BCUT2D eigenvalue weighted by atomic mass is 32.2. The van der Waals surface area contributed by atoms with Crippen LogP contribution in [0.1, 0.15) is 49.4 Å². The molecule has 2 atom stereocenters. The van der Waals surface area contributed by atoms with Crippen molar-refractivity contribution in [3.8, 4) is 0 Å². The average Bonchev–Trinajstić information content (AvgIpc) is 3.36. The third kappa shape index (κ3) is 5.69. The van der Waals surface area contributed by atoms with Crippen molar-refractivity contribution >= 4 is 40.3 Å². The summed E-state index contributed by atoms with van der Waals surface area (Å²) in [5.74, 6) is -0.595. The molecule has 2 fully saturated rings. The Morgan fingerprint density at radius 3 is 2.56 bits per heavy atom. The number of benzene rings is 1. The molecule has 1 aromatic carbocycles. The maximum Gasteiger partial charge on any atom is 0.262 e. The Morgan fingerprint density at radius 1 is 1.22 bits per heavy atom. The van der Waals surface area contributed by atoms with Gasteiger partial charge in [-0.05, 0) is 63.9 Å². The van der Waals surface area contributed by atoms with Gasteiger partial charge in [-0.1, -0.05) is 11.8 Å². The fraction of sp³-hybridized carbons (Fsp3) is 0.565. The minimum Gasteiger partial charge on any atom is -0.351 e. The van der Waals surface area contributed by atoms with Crippen molar-refractivity contribution in [1.82, 2.24) is 15.1 Å². The molecule has 1 saturated heterocycles. The molecule has 1 aliphatic carbocycles. The van der Waals surface area contributed by atoms with Gasteiger partial charge in [0.1, 0.15) is 5.25 Å². The van der Waals surface area contributed by atoms with Gasteiger partial charge in [0.25, 0.3) is 11.8 Å². The van der Waals surface area contributed by atoms with Crippen LogP contribution in [0, 0.1) is 0 Å². The van der Waals surface area contributed by atoms with Crippen LogP contribution in [-0.2, 0) is 9.59 Å². The van der Waals surface area contributed by atoms with Gasteiger partial charge in [0.05, 0.1) is 0 Å². The molecule has 0 bridgehead atoms. The second kappa shape index (κ2) is 10.0. The second-order valence-electron chi connectivity index (χ2n) is 8.82. The first kappa shape index (κ1) is 22.8. The van der Waals surface area contributed by atoms with E-state index >= 15 is 0 Å². The van der Waals surface area contributed by atoms with E-state index in [0.717, 1.165) is 31.1 Å². The number of thioether (sulfide) groups is 1. The topological polar surface area (TPSA) is 94.1 Å². The summed E-state index contributed by atoms with van der Waals surface area (Å²) in [5.41, 5.74) is 1.15. The predicted molar refractivity (Wildman–Crippen MR) is 127 cm³/mol. The zero-order chi connectivity index (χ0) is 22.7. The average molecular weight is 458 g/mol. The lowest BCUT2D eigenvalue weighted by molar-refractivity contribution is -0.121. The van der Waals surface area contributed by atoms with Gasteiger partial charge in [-0.3, -0.25) is 19.3 Å². The fourth-order valence-corrected chi connectivity index (χ4v) is 5.08. The molecule has 2 N–H and O–H groups in total. The first-order valence-electron chi connectivity index (χ1n) is 11.3. The third-order valence-electron chi connectivity index (χ3n) is 6.28. The highest BCUT2D eigenvalue weighted by molar-refractivity contribution is 8.15. The number of rotatable bonds is 8. The van der Waals surface area contributed by atoms with E-state index in [0.29, 0.717) is 23.8 Å². The monoisotopic (exact) mass is 457 g/mol. The number of likely N-dealkylation sites (tertiary alicyclic amines) is 1. The SMILES string of the molecule is CC(CNC(=O)c1ccc(NC(=O)CC2SC(N3CCCC3)=NC2=O)cc1)N(C)C1CC1. The van der Waals surface area contributed by atoms with Gasteiger partial charge >= 0.3 is 0 Å². The first-order chi connectivity index (χ1) is 15.4. The van der Waals surface area contributed by atoms with E-state index in [2.05, 4.69) is 39.4 Å². The van der Waals surface area contributed by atoms with Crippen LogP contribution in [0.4, 0.5) is 5.69 Å². The van der Waals surface area contributed by atoms with Crippen LogP contribution < -0.4 is 10.6 Å². The number of nitrogens with zero attached hydrogens (tertiary/aromatic N) is 3. The third-order valence-corrected chi connectivity index (χ3v) is 7.50. The smallest absolute Gasteiger partial charge is 0.262 e. The highest BCUT2D eigenvalue weighted by Crippen LogP contribution is 2.29. The number of hydrogen-bond donors (Lipinski definition) is 2. The number of aliphatic imine (C=N–C) groups is 1. The Hall–Kier alpha value is -2.39. The summed E-state index contributed by atoms with van der Waals surface area (Å²) in [7, 11) is 2.10. The van der Waals surface area contributed by atoms with E-state index in [9.17, 15) is 14.4 Å². The fourth-order valence-electron chi connectivity index (χ4n) is 3.97. The van der Waals surface area contributed by atoms with Crippen molar-refractivity contribution in [2.75, 3.05) is 32.0 Å². The van der Waals surface area contributed by atoms with Crippen molar-refractivity contribution in [3.05, 3.63) is 29.8 Å². The summed E-state index contributed by atoms with van der Waals surface area (Å²) in [5, 5.41) is 6.08. The highest BCUT2D eigenvalue weighted by Gasteiger charge is 2.34. The van der Waals surface area contributed by atoms with Gasteiger partial charge in [0.2, 0.25) is 5.91 Å². The number of carbonyl (C=O) groups excluding carboxylic acids is 3. The molecule has 0 radical (unpaired) electrons. The number of amidine groups is 1. The van der Waals surface area contributed by atoms with Crippen LogP contribution in [0.2, 0.25) is 0 Å². The number of anilines is 1. The van der Waals surface area contributed by atoms with Gasteiger partial charge < -0.3 is 15.5 Å². The largest absolute Gasteiger partial charge is 0.351 e. The van der Waals surface area contributed by atoms with Crippen molar-refractivity contribution in [3.63, 3.8) is 0 Å². The number of hydrogen-bond acceptors (Lipinski definition) is 6. The van der Waals surface area contributed by atoms with E-state index in [1.165, 1.54) is 24.6 Å². The predicted octanol–water partition coefficient (Wildman–Crippen LogP) is 2.32. The minimum atomic E-state index is -0.466. The normalized spacial score (nSPS) is 21.6. The lowest BCUT2D eigenvalue weighted by Crippen LogP contribution is -2.41. The van der Waals surface area contributed by atoms with Gasteiger partial charge in [0.15, 0.2) is 5.17 Å². The number of likely N-dealkylation sites (N-methyl/N-ethyl adjacent to an activating group) is 1. The van der Waals surface area contributed by atoms with Crippen LogP contribution in [-0.4, -0.2) is 76.7 Å². The molecule has 2 aliphatic heterocycles. The molecule has 3 amide bonds. The van der Waals surface area contributed by atoms with E-state index in [-0.39, 0.29) is 30.2 Å². The van der Waals surface area contributed by atoms with Gasteiger partial charge in [0, 0.05) is 49.4 Å². The molecule has 9 heteroatoms. The number of amides is 3. The second-order valence-corrected chi connectivity index (χ2v) is 9.99. The van der Waals surface area contributed by atoms with Crippen molar-refractivity contribution in [2.45, 2.75) is 56.4 Å². The van der Waals surface area contributed by atoms with Crippen LogP contribution >= 0.6 is 11.8 Å².